The highest BCUT2D eigenvalue weighted by Gasteiger charge is 2.49. The molecule has 3 rings (SSSR count). The van der Waals surface area contributed by atoms with Crippen LogP contribution in [0, 0.1) is 0 Å². The number of ether oxygens (including phenoxy) is 3. The molecule has 1 heterocycles. The first-order chi connectivity index (χ1) is 14.5. The number of β-lactam (4-membered cyclic amide) rings is 1. The van der Waals surface area contributed by atoms with Gasteiger partial charge < -0.3 is 14.2 Å². The average Bonchev–Trinajstić information content (AvgIpc) is 2.76. The lowest BCUT2D eigenvalue weighted by atomic mass is 9.84. The number of carbonyl (C=O) groups is 3. The molecule has 2 aromatic carbocycles. The van der Waals surface area contributed by atoms with Gasteiger partial charge in [0.2, 0.25) is 0 Å². The Bertz CT molecular complexity index is 945. The zero-order chi connectivity index (χ0) is 21.7. The highest BCUT2D eigenvalue weighted by Crippen LogP contribution is 2.45. The predicted octanol–water partition coefficient (Wildman–Crippen LogP) is 3.21. The van der Waals surface area contributed by atoms with Crippen LogP contribution in [-0.2, 0) is 23.9 Å². The van der Waals surface area contributed by atoms with Gasteiger partial charge in [-0.25, -0.2) is 9.59 Å². The largest absolute Gasteiger partial charge is 0.497 e. The van der Waals surface area contributed by atoms with E-state index >= 15 is 0 Å². The minimum absolute atomic E-state index is 0.0638. The number of methoxy groups -OCH3 is 1. The molecule has 1 aliphatic rings. The van der Waals surface area contributed by atoms with Gasteiger partial charge in [-0.2, -0.15) is 0 Å². The fourth-order valence-corrected chi connectivity index (χ4v) is 3.34. The highest BCUT2D eigenvalue weighted by molar-refractivity contribution is 6.26. The van der Waals surface area contributed by atoms with Gasteiger partial charge >= 0.3 is 11.9 Å². The topological polar surface area (TPSA) is 82.1 Å². The third-order valence-electron chi connectivity index (χ3n) is 4.68. The van der Waals surface area contributed by atoms with Gasteiger partial charge in [0.1, 0.15) is 5.75 Å². The minimum atomic E-state index is -0.866. The van der Waals surface area contributed by atoms with Gasteiger partial charge in [0.15, 0.2) is 5.57 Å². The van der Waals surface area contributed by atoms with Gasteiger partial charge in [-0.05, 0) is 43.7 Å². The van der Waals surface area contributed by atoms with Crippen molar-refractivity contribution in [1.82, 2.24) is 0 Å². The van der Waals surface area contributed by atoms with E-state index in [1.54, 1.807) is 45.2 Å². The van der Waals surface area contributed by atoms with E-state index in [-0.39, 0.29) is 24.4 Å². The Labute approximate surface area is 174 Å². The molecular formula is C23H23NO6. The average molecular weight is 409 g/mol. The summed E-state index contributed by atoms with van der Waals surface area (Å²) in [4.78, 5) is 39.9. The molecule has 0 aromatic heterocycles. The van der Waals surface area contributed by atoms with Crippen LogP contribution in [0.1, 0.15) is 25.5 Å². The molecule has 1 atom stereocenters. The fourth-order valence-electron chi connectivity index (χ4n) is 3.34. The summed E-state index contributed by atoms with van der Waals surface area (Å²) in [5, 5.41) is 0. The van der Waals surface area contributed by atoms with E-state index < -0.39 is 23.9 Å². The number of esters is 2. The molecule has 1 fully saturated rings. The summed E-state index contributed by atoms with van der Waals surface area (Å²) in [5.41, 5.74) is 1.08. The van der Waals surface area contributed by atoms with Gasteiger partial charge in [0.25, 0.3) is 5.91 Å². The Morgan fingerprint density at radius 3 is 1.97 bits per heavy atom. The monoisotopic (exact) mass is 409 g/mol. The Morgan fingerprint density at radius 1 is 0.900 bits per heavy atom. The van der Waals surface area contributed by atoms with E-state index in [1.807, 2.05) is 30.3 Å². The van der Waals surface area contributed by atoms with E-state index in [9.17, 15) is 14.4 Å². The van der Waals surface area contributed by atoms with Crippen LogP contribution in [0.5, 0.6) is 5.75 Å². The van der Waals surface area contributed by atoms with Crippen LogP contribution >= 0.6 is 0 Å². The zero-order valence-electron chi connectivity index (χ0n) is 17.1. The Kier molecular flexibility index (Phi) is 6.51. The van der Waals surface area contributed by atoms with E-state index in [1.165, 1.54) is 4.90 Å². The van der Waals surface area contributed by atoms with Crippen molar-refractivity contribution < 1.29 is 28.6 Å². The molecule has 30 heavy (non-hydrogen) atoms. The van der Waals surface area contributed by atoms with E-state index in [0.29, 0.717) is 11.4 Å². The van der Waals surface area contributed by atoms with Crippen molar-refractivity contribution in [2.45, 2.75) is 19.9 Å². The van der Waals surface area contributed by atoms with Crippen LogP contribution in [0.4, 0.5) is 5.69 Å². The Hall–Kier alpha value is -3.61. The van der Waals surface area contributed by atoms with Crippen molar-refractivity contribution in [2.24, 2.45) is 0 Å². The molecule has 7 heteroatoms. The standard InChI is InChI=1S/C23H23NO6/c1-4-29-22(26)19(23(27)30-5-2)18-20(15-9-7-6-8-10-15)24(21(18)25)16-11-13-17(28-3)14-12-16/h6-14,20H,4-5H2,1-3H3. The molecule has 1 aliphatic heterocycles. The Morgan fingerprint density at radius 2 is 1.47 bits per heavy atom. The first kappa shape index (κ1) is 21.1. The van der Waals surface area contributed by atoms with E-state index in [0.717, 1.165) is 5.56 Å². The molecule has 0 aliphatic carbocycles. The lowest BCUT2D eigenvalue weighted by Crippen LogP contribution is -2.51. The smallest absolute Gasteiger partial charge is 0.346 e. The molecule has 2 aromatic rings. The van der Waals surface area contributed by atoms with Gasteiger partial charge in [-0.15, -0.1) is 0 Å². The third kappa shape index (κ3) is 3.91. The minimum Gasteiger partial charge on any atom is -0.497 e. The number of hydrogen-bond donors (Lipinski definition) is 0. The van der Waals surface area contributed by atoms with Gasteiger partial charge in [0, 0.05) is 5.69 Å². The highest BCUT2D eigenvalue weighted by atomic mass is 16.6. The third-order valence-corrected chi connectivity index (χ3v) is 4.68. The summed E-state index contributed by atoms with van der Waals surface area (Å²) < 4.78 is 15.3. The SMILES string of the molecule is CCOC(=O)C(C(=O)OCC)=C1C(=O)N(c2ccc(OC)cc2)C1c1ccccc1. The summed E-state index contributed by atoms with van der Waals surface area (Å²) in [6.45, 7) is 3.40. The van der Waals surface area contributed by atoms with Crippen molar-refractivity contribution in [1.29, 1.82) is 0 Å². The van der Waals surface area contributed by atoms with Crippen LogP contribution in [0.25, 0.3) is 0 Å². The first-order valence-electron chi connectivity index (χ1n) is 9.64. The second-order valence-corrected chi connectivity index (χ2v) is 6.42. The van der Waals surface area contributed by atoms with Gasteiger partial charge in [0.05, 0.1) is 31.9 Å². The summed E-state index contributed by atoms with van der Waals surface area (Å²) in [7, 11) is 1.56. The Balaban J connectivity index is 2.14. The number of carbonyl (C=O) groups excluding carboxylic acids is 3. The number of nitrogens with zero attached hydrogens (tertiary/aromatic N) is 1. The van der Waals surface area contributed by atoms with Crippen molar-refractivity contribution in [3.05, 3.63) is 71.3 Å². The van der Waals surface area contributed by atoms with Gasteiger partial charge in [-0.1, -0.05) is 30.3 Å². The van der Waals surface area contributed by atoms with Crippen molar-refractivity contribution in [3.8, 4) is 5.75 Å². The second-order valence-electron chi connectivity index (χ2n) is 6.42. The van der Waals surface area contributed by atoms with E-state index in [2.05, 4.69) is 0 Å². The van der Waals surface area contributed by atoms with Crippen LogP contribution in [-0.4, -0.2) is 38.2 Å². The van der Waals surface area contributed by atoms with Crippen molar-refractivity contribution >= 4 is 23.5 Å². The zero-order valence-corrected chi connectivity index (χ0v) is 17.1. The molecule has 1 unspecified atom stereocenters. The molecule has 0 radical (unpaired) electrons. The van der Waals surface area contributed by atoms with Crippen LogP contribution in [0.3, 0.4) is 0 Å². The molecule has 1 amide bonds. The summed E-state index contributed by atoms with van der Waals surface area (Å²) in [6.07, 6.45) is 0. The predicted molar refractivity (Wildman–Crippen MR) is 110 cm³/mol. The fraction of sp³-hybridized carbons (Fsp3) is 0.261. The van der Waals surface area contributed by atoms with Gasteiger partial charge in [-0.3, -0.25) is 9.69 Å². The number of benzene rings is 2. The molecule has 1 saturated heterocycles. The maximum Gasteiger partial charge on any atom is 0.346 e. The normalized spacial score (nSPS) is 15.3. The van der Waals surface area contributed by atoms with E-state index in [4.69, 9.17) is 14.2 Å². The molecule has 0 saturated carbocycles. The first-order valence-corrected chi connectivity index (χ1v) is 9.64. The summed E-state index contributed by atoms with van der Waals surface area (Å²) >= 11 is 0. The molecule has 7 nitrogen and oxygen atoms in total. The summed E-state index contributed by atoms with van der Waals surface area (Å²) in [5.74, 6) is -1.54. The van der Waals surface area contributed by atoms with Crippen LogP contribution in [0.2, 0.25) is 0 Å². The number of amides is 1. The van der Waals surface area contributed by atoms with Crippen LogP contribution in [0.15, 0.2) is 65.7 Å². The second kappa shape index (κ2) is 9.26. The maximum absolute atomic E-state index is 13.2. The lowest BCUT2D eigenvalue weighted by Gasteiger charge is -2.43. The quantitative estimate of drug-likeness (QED) is 0.230. The molecule has 0 spiro atoms. The number of hydrogen-bond acceptors (Lipinski definition) is 6. The molecule has 156 valence electrons. The molecular weight excluding hydrogens is 386 g/mol. The number of rotatable bonds is 7. The summed E-state index contributed by atoms with van der Waals surface area (Å²) in [6, 6.07) is 15.5. The molecule has 0 bridgehead atoms. The van der Waals surface area contributed by atoms with Crippen molar-refractivity contribution in [3.63, 3.8) is 0 Å². The molecule has 0 N–H and O–H groups in total. The van der Waals surface area contributed by atoms with Crippen molar-refractivity contribution in [2.75, 3.05) is 25.2 Å². The lowest BCUT2D eigenvalue weighted by molar-refractivity contribution is -0.147. The maximum atomic E-state index is 13.2. The van der Waals surface area contributed by atoms with Crippen LogP contribution < -0.4 is 9.64 Å². The number of anilines is 1.